The first kappa shape index (κ1) is 22.4. The second-order valence-electron chi connectivity index (χ2n) is 7.72. The Hall–Kier alpha value is -3.75. The molecule has 172 valence electrons. The van der Waals surface area contributed by atoms with Crippen LogP contribution in [-0.4, -0.2) is 29.5 Å². The molecule has 6 nitrogen and oxygen atoms in total. The van der Waals surface area contributed by atoms with Gasteiger partial charge in [-0.15, -0.1) is 13.2 Å². The Morgan fingerprint density at radius 2 is 1.94 bits per heavy atom. The van der Waals surface area contributed by atoms with E-state index in [0.717, 1.165) is 16.7 Å². The van der Waals surface area contributed by atoms with E-state index in [4.69, 9.17) is 4.74 Å². The number of benzene rings is 2. The topological polar surface area (TPSA) is 80.7 Å². The van der Waals surface area contributed by atoms with Crippen LogP contribution in [0.15, 0.2) is 60.8 Å². The maximum Gasteiger partial charge on any atom is 0.573 e. The monoisotopic (exact) mass is 458 g/mol. The lowest BCUT2D eigenvalue weighted by molar-refractivity contribution is -0.274. The fraction of sp³-hybridized carbons (Fsp3) is 0.250. The van der Waals surface area contributed by atoms with E-state index in [2.05, 4.69) is 15.0 Å². The third-order valence-corrected chi connectivity index (χ3v) is 5.44. The predicted molar refractivity (Wildman–Crippen MR) is 115 cm³/mol. The zero-order valence-electron chi connectivity index (χ0n) is 17.6. The Bertz CT molecular complexity index is 1150. The molecule has 2 unspecified atom stereocenters. The minimum absolute atomic E-state index is 0.0313. The van der Waals surface area contributed by atoms with Crippen molar-refractivity contribution in [2.75, 3.05) is 12.4 Å². The summed E-state index contributed by atoms with van der Waals surface area (Å²) >= 11 is 0. The van der Waals surface area contributed by atoms with Gasteiger partial charge in [-0.1, -0.05) is 24.3 Å². The number of carboxylic acids is 1. The molecule has 2 N–H and O–H groups in total. The molecular weight excluding hydrogens is 437 g/mol. The first-order chi connectivity index (χ1) is 15.7. The van der Waals surface area contributed by atoms with Gasteiger partial charge in [-0.3, -0.25) is 4.79 Å². The summed E-state index contributed by atoms with van der Waals surface area (Å²) in [7, 11) is 1.56. The highest BCUT2D eigenvalue weighted by Crippen LogP contribution is 2.51. The van der Waals surface area contributed by atoms with Crippen molar-refractivity contribution in [2.45, 2.75) is 25.2 Å². The fourth-order valence-corrected chi connectivity index (χ4v) is 3.72. The lowest BCUT2D eigenvalue weighted by Crippen LogP contribution is -2.17. The van der Waals surface area contributed by atoms with Crippen LogP contribution in [0.25, 0.3) is 11.1 Å². The Kier molecular flexibility index (Phi) is 6.13. The van der Waals surface area contributed by atoms with Crippen molar-refractivity contribution in [3.63, 3.8) is 0 Å². The molecule has 1 aliphatic rings. The number of carboxylic acid groups (broad SMARTS) is 1. The lowest BCUT2D eigenvalue weighted by Gasteiger charge is -2.12. The number of hydrogen-bond acceptors (Lipinski definition) is 5. The smallest absolute Gasteiger partial charge is 0.496 e. The summed E-state index contributed by atoms with van der Waals surface area (Å²) in [6.45, 7) is 0.274. The quantitative estimate of drug-likeness (QED) is 0.467. The first-order valence-electron chi connectivity index (χ1n) is 10.2. The molecule has 9 heteroatoms. The summed E-state index contributed by atoms with van der Waals surface area (Å²) < 4.78 is 46.6. The van der Waals surface area contributed by atoms with Crippen molar-refractivity contribution in [3.8, 4) is 22.6 Å². The first-order valence-corrected chi connectivity index (χ1v) is 10.2. The number of hydrogen-bond donors (Lipinski definition) is 2. The molecule has 3 aromatic rings. The Labute approximate surface area is 188 Å². The van der Waals surface area contributed by atoms with Gasteiger partial charge in [0.1, 0.15) is 17.3 Å². The number of aromatic nitrogens is 1. The van der Waals surface area contributed by atoms with Gasteiger partial charge < -0.3 is 19.9 Å². The number of halogens is 3. The van der Waals surface area contributed by atoms with Gasteiger partial charge in [0.15, 0.2) is 0 Å². The van der Waals surface area contributed by atoms with Crippen LogP contribution in [0.2, 0.25) is 0 Å². The van der Waals surface area contributed by atoms with Crippen LogP contribution < -0.4 is 14.8 Å². The van der Waals surface area contributed by atoms with Gasteiger partial charge in [-0.2, -0.15) is 0 Å². The molecule has 0 radical (unpaired) electrons. The number of nitrogens with zero attached hydrogens (tertiary/aromatic N) is 1. The highest BCUT2D eigenvalue weighted by atomic mass is 19.4. The molecule has 0 aliphatic heterocycles. The third kappa shape index (κ3) is 5.54. The second kappa shape index (κ2) is 9.01. The van der Waals surface area contributed by atoms with Gasteiger partial charge in [-0.25, -0.2) is 4.98 Å². The fourth-order valence-electron chi connectivity index (χ4n) is 3.72. The average Bonchev–Trinajstić information content (AvgIpc) is 3.58. The van der Waals surface area contributed by atoms with Crippen LogP contribution in [0.1, 0.15) is 23.5 Å². The minimum Gasteiger partial charge on any atom is -0.496 e. The number of nitrogens with one attached hydrogen (secondary N) is 1. The second-order valence-corrected chi connectivity index (χ2v) is 7.72. The Morgan fingerprint density at radius 3 is 2.58 bits per heavy atom. The van der Waals surface area contributed by atoms with Crippen LogP contribution in [0.4, 0.5) is 19.0 Å². The van der Waals surface area contributed by atoms with E-state index in [1.165, 1.54) is 18.2 Å². The van der Waals surface area contributed by atoms with Gasteiger partial charge in [0, 0.05) is 24.2 Å². The van der Waals surface area contributed by atoms with Crippen LogP contribution in [0.5, 0.6) is 11.5 Å². The van der Waals surface area contributed by atoms with Crippen LogP contribution in [0.3, 0.4) is 0 Å². The molecule has 1 aromatic heterocycles. The molecule has 1 fully saturated rings. The average molecular weight is 458 g/mol. The molecule has 1 saturated carbocycles. The Morgan fingerprint density at radius 1 is 1.15 bits per heavy atom. The van der Waals surface area contributed by atoms with Crippen molar-refractivity contribution in [2.24, 2.45) is 5.92 Å². The lowest BCUT2D eigenvalue weighted by atomic mass is 10.0. The molecule has 4 rings (SSSR count). The van der Waals surface area contributed by atoms with Crippen molar-refractivity contribution in [1.82, 2.24) is 4.98 Å². The number of rotatable bonds is 8. The van der Waals surface area contributed by atoms with Crippen molar-refractivity contribution in [1.29, 1.82) is 0 Å². The summed E-state index contributed by atoms with van der Waals surface area (Å²) in [4.78, 5) is 15.5. The van der Waals surface area contributed by atoms with E-state index < -0.39 is 12.3 Å². The molecule has 2 aromatic carbocycles. The predicted octanol–water partition coefficient (Wildman–Crippen LogP) is 5.46. The number of alkyl halides is 3. The van der Waals surface area contributed by atoms with Crippen LogP contribution in [-0.2, 0) is 11.3 Å². The summed E-state index contributed by atoms with van der Waals surface area (Å²) in [6, 6.07) is 15.0. The van der Waals surface area contributed by atoms with E-state index in [1.54, 1.807) is 25.4 Å². The summed E-state index contributed by atoms with van der Waals surface area (Å²) in [6.07, 6.45) is -2.45. The molecule has 0 spiro atoms. The highest BCUT2D eigenvalue weighted by Gasteiger charge is 2.45. The standard InChI is InChI=1S/C24H21F3N2O4/c1-32-21-10-15(5-7-18(21)19-11-20(19)23(30)31)16-6-8-22(29-13-16)28-12-14-3-2-4-17(9-14)33-24(25,26)27/h2-10,13,19-20H,11-12H2,1H3,(H,28,29)(H,30,31). The molecule has 33 heavy (non-hydrogen) atoms. The zero-order chi connectivity index (χ0) is 23.6. The van der Waals surface area contributed by atoms with E-state index in [1.807, 2.05) is 24.3 Å². The number of methoxy groups -OCH3 is 1. The minimum atomic E-state index is -4.74. The molecule has 1 heterocycles. The number of ether oxygens (including phenoxy) is 2. The van der Waals surface area contributed by atoms with E-state index in [0.29, 0.717) is 23.6 Å². The summed E-state index contributed by atoms with van der Waals surface area (Å²) in [5.74, 6) is -0.258. The maximum absolute atomic E-state index is 12.4. The zero-order valence-corrected chi connectivity index (χ0v) is 17.6. The summed E-state index contributed by atoms with van der Waals surface area (Å²) in [5.41, 5.74) is 3.22. The van der Waals surface area contributed by atoms with Gasteiger partial charge in [0.2, 0.25) is 0 Å². The Balaban J connectivity index is 1.42. The molecule has 0 saturated heterocycles. The molecule has 2 atom stereocenters. The third-order valence-electron chi connectivity index (χ3n) is 5.44. The number of carbonyl (C=O) groups is 1. The highest BCUT2D eigenvalue weighted by molar-refractivity contribution is 5.76. The van der Waals surface area contributed by atoms with Gasteiger partial charge in [-0.05, 0) is 53.4 Å². The SMILES string of the molecule is COc1cc(-c2ccc(NCc3cccc(OC(F)(F)F)c3)nc2)ccc1C1CC1C(=O)O. The normalized spacial score (nSPS) is 17.3. The van der Waals surface area contributed by atoms with Gasteiger partial charge >= 0.3 is 12.3 Å². The van der Waals surface area contributed by atoms with Gasteiger partial charge in [0.05, 0.1) is 13.0 Å². The largest absolute Gasteiger partial charge is 0.573 e. The van der Waals surface area contributed by atoms with E-state index in [-0.39, 0.29) is 24.1 Å². The molecular formula is C24H21F3N2O4. The van der Waals surface area contributed by atoms with Crippen LogP contribution in [0, 0.1) is 5.92 Å². The molecule has 1 aliphatic carbocycles. The van der Waals surface area contributed by atoms with Crippen LogP contribution >= 0.6 is 0 Å². The van der Waals surface area contributed by atoms with Crippen molar-refractivity contribution in [3.05, 3.63) is 71.9 Å². The van der Waals surface area contributed by atoms with E-state index >= 15 is 0 Å². The maximum atomic E-state index is 12.4. The van der Waals surface area contributed by atoms with E-state index in [9.17, 15) is 23.1 Å². The summed E-state index contributed by atoms with van der Waals surface area (Å²) in [5, 5.41) is 12.2. The number of anilines is 1. The molecule has 0 bridgehead atoms. The number of aliphatic carboxylic acids is 1. The van der Waals surface area contributed by atoms with Gasteiger partial charge in [0.25, 0.3) is 0 Å². The number of pyridine rings is 1. The van der Waals surface area contributed by atoms with Crippen molar-refractivity contribution < 1.29 is 32.5 Å². The van der Waals surface area contributed by atoms with Crippen molar-refractivity contribution >= 4 is 11.8 Å². The molecule has 0 amide bonds.